The smallest absolute Gasteiger partial charge is 0.266 e. The van der Waals surface area contributed by atoms with Crippen LogP contribution in [0.25, 0.3) is 21.8 Å². The number of aromatic nitrogens is 5. The molecule has 0 saturated carbocycles. The second-order valence-corrected chi connectivity index (χ2v) is 8.36. The van der Waals surface area contributed by atoms with Gasteiger partial charge in [0.2, 0.25) is 5.89 Å². The Morgan fingerprint density at radius 2 is 2.16 bits per heavy atom. The van der Waals surface area contributed by atoms with Gasteiger partial charge in [-0.15, -0.1) is 11.3 Å². The normalized spacial score (nSPS) is 15.8. The molecular weight excluding hydrogens is 431 g/mol. The Morgan fingerprint density at radius 3 is 3.03 bits per heavy atom. The molecule has 158 valence electrons. The highest BCUT2D eigenvalue weighted by Crippen LogP contribution is 2.36. The van der Waals surface area contributed by atoms with Crippen LogP contribution in [-0.4, -0.2) is 42.3 Å². The van der Waals surface area contributed by atoms with Crippen LogP contribution >= 0.6 is 11.3 Å². The Bertz CT molecular complexity index is 1440. The van der Waals surface area contributed by atoms with E-state index in [9.17, 15) is 9.18 Å². The van der Waals surface area contributed by atoms with Gasteiger partial charge >= 0.3 is 0 Å². The summed E-state index contributed by atoms with van der Waals surface area (Å²) in [6, 6.07) is 9.08. The average molecular weight is 446 g/mol. The Balaban J connectivity index is 1.40. The van der Waals surface area contributed by atoms with Crippen molar-refractivity contribution >= 4 is 28.3 Å². The van der Waals surface area contributed by atoms with Crippen LogP contribution in [0.15, 0.2) is 59.5 Å². The van der Waals surface area contributed by atoms with Crippen molar-refractivity contribution in [3.63, 3.8) is 0 Å². The maximum atomic E-state index is 13.7. The quantitative estimate of drug-likeness (QED) is 0.450. The number of fused-ring (bicyclic) bond motifs is 2. The van der Waals surface area contributed by atoms with Crippen molar-refractivity contribution < 1.29 is 13.6 Å². The first kappa shape index (κ1) is 18.8. The van der Waals surface area contributed by atoms with Gasteiger partial charge in [-0.25, -0.2) is 19.3 Å². The fraction of sp³-hybridized carbons (Fsp3) is 0.136. The first-order chi connectivity index (χ1) is 15.7. The monoisotopic (exact) mass is 446 g/mol. The Hall–Kier alpha value is -3.92. The molecule has 0 radical (unpaired) electrons. The minimum Gasteiger partial charge on any atom is -0.438 e. The third-order valence-corrected chi connectivity index (χ3v) is 6.39. The first-order valence-electron chi connectivity index (χ1n) is 9.94. The highest BCUT2D eigenvalue weighted by atomic mass is 32.1. The lowest BCUT2D eigenvalue weighted by Crippen LogP contribution is -2.40. The molecule has 6 rings (SSSR count). The summed E-state index contributed by atoms with van der Waals surface area (Å²) in [4.78, 5) is 36.4. The van der Waals surface area contributed by atoms with Gasteiger partial charge in [0.1, 0.15) is 21.2 Å². The SMILES string of the molecule is O=C(c1cnc(-c2ccccn2)s1)N1CCc2[nH]cnc2[C@H]1c1nc2cc(F)ccc2o1. The van der Waals surface area contributed by atoms with Crippen LogP contribution in [0.5, 0.6) is 0 Å². The number of H-pyrrole nitrogens is 1. The van der Waals surface area contributed by atoms with E-state index in [1.165, 1.54) is 29.5 Å². The molecule has 1 aromatic carbocycles. The molecule has 32 heavy (non-hydrogen) atoms. The van der Waals surface area contributed by atoms with E-state index in [-0.39, 0.29) is 5.91 Å². The van der Waals surface area contributed by atoms with Crippen molar-refractivity contribution in [3.05, 3.63) is 83.1 Å². The number of oxazole rings is 1. The lowest BCUT2D eigenvalue weighted by molar-refractivity contribution is 0.0672. The molecule has 0 aliphatic carbocycles. The van der Waals surface area contributed by atoms with Gasteiger partial charge in [0.15, 0.2) is 11.6 Å². The molecule has 5 aromatic rings. The lowest BCUT2D eigenvalue weighted by Gasteiger charge is -2.32. The fourth-order valence-electron chi connectivity index (χ4n) is 3.90. The molecule has 5 heterocycles. The summed E-state index contributed by atoms with van der Waals surface area (Å²) in [7, 11) is 0. The maximum absolute atomic E-state index is 13.7. The number of carbonyl (C=O) groups is 1. The number of benzene rings is 1. The van der Waals surface area contributed by atoms with Crippen molar-refractivity contribution in [2.75, 3.05) is 6.54 Å². The van der Waals surface area contributed by atoms with Gasteiger partial charge in [-0.05, 0) is 24.3 Å². The van der Waals surface area contributed by atoms with E-state index >= 15 is 0 Å². The third-order valence-electron chi connectivity index (χ3n) is 5.39. The van der Waals surface area contributed by atoms with E-state index in [1.807, 2.05) is 18.2 Å². The fourth-order valence-corrected chi connectivity index (χ4v) is 4.75. The zero-order valence-corrected chi connectivity index (χ0v) is 17.3. The number of carbonyl (C=O) groups excluding carboxylic acids is 1. The zero-order valence-electron chi connectivity index (χ0n) is 16.5. The molecule has 1 aliphatic heterocycles. The molecule has 4 aromatic heterocycles. The molecule has 10 heteroatoms. The summed E-state index contributed by atoms with van der Waals surface area (Å²) in [5, 5.41) is 0.667. The summed E-state index contributed by atoms with van der Waals surface area (Å²) in [5.41, 5.74) is 3.15. The predicted molar refractivity (Wildman–Crippen MR) is 114 cm³/mol. The number of aromatic amines is 1. The number of rotatable bonds is 3. The molecule has 8 nitrogen and oxygen atoms in total. The number of hydrogen-bond donors (Lipinski definition) is 1. The standard InChI is InChI=1S/C22H15FN6O2S/c23-12-4-5-16-15(9-12)28-20(31-16)19-18-13(26-11-27-18)6-8-29(19)22(30)17-10-25-21(32-17)14-3-1-2-7-24-14/h1-5,7,9-11,19H,6,8H2,(H,26,27)/t19-/m0/s1. The average Bonchev–Trinajstić information content (AvgIpc) is 3.57. The molecule has 1 N–H and O–H groups in total. The largest absolute Gasteiger partial charge is 0.438 e. The number of imidazole rings is 1. The minimum atomic E-state index is -0.631. The van der Waals surface area contributed by atoms with Gasteiger partial charge in [0, 0.05) is 30.9 Å². The molecule has 0 bridgehead atoms. The number of hydrogen-bond acceptors (Lipinski definition) is 7. The zero-order chi connectivity index (χ0) is 21.7. The lowest BCUT2D eigenvalue weighted by atomic mass is 10.0. The van der Waals surface area contributed by atoms with Crippen molar-refractivity contribution in [1.82, 2.24) is 29.8 Å². The van der Waals surface area contributed by atoms with Gasteiger partial charge < -0.3 is 14.3 Å². The van der Waals surface area contributed by atoms with Crippen molar-refractivity contribution in [3.8, 4) is 10.7 Å². The third kappa shape index (κ3) is 3.07. The Morgan fingerprint density at radius 1 is 1.22 bits per heavy atom. The summed E-state index contributed by atoms with van der Waals surface area (Å²) >= 11 is 1.28. The Kier molecular flexibility index (Phi) is 4.32. The van der Waals surface area contributed by atoms with E-state index < -0.39 is 11.9 Å². The second-order valence-electron chi connectivity index (χ2n) is 7.33. The first-order valence-corrected chi connectivity index (χ1v) is 10.8. The molecule has 0 saturated heterocycles. The molecular formula is C22H15FN6O2S. The molecule has 1 amide bonds. The van der Waals surface area contributed by atoms with Gasteiger partial charge in [0.05, 0.1) is 23.9 Å². The van der Waals surface area contributed by atoms with Crippen LogP contribution in [0, 0.1) is 5.82 Å². The van der Waals surface area contributed by atoms with E-state index in [0.717, 1.165) is 5.69 Å². The van der Waals surface area contributed by atoms with Crippen LogP contribution in [0.3, 0.4) is 0 Å². The highest BCUT2D eigenvalue weighted by molar-refractivity contribution is 7.16. The van der Waals surface area contributed by atoms with E-state index in [4.69, 9.17) is 4.42 Å². The number of nitrogens with zero attached hydrogens (tertiary/aromatic N) is 5. The van der Waals surface area contributed by atoms with Crippen LogP contribution in [0.2, 0.25) is 0 Å². The number of thiazole rings is 1. The van der Waals surface area contributed by atoms with Gasteiger partial charge in [0.25, 0.3) is 5.91 Å². The van der Waals surface area contributed by atoms with Crippen molar-refractivity contribution in [1.29, 1.82) is 0 Å². The number of pyridine rings is 1. The van der Waals surface area contributed by atoms with Crippen molar-refractivity contribution in [2.45, 2.75) is 12.5 Å². The van der Waals surface area contributed by atoms with Gasteiger partial charge in [-0.3, -0.25) is 9.78 Å². The Labute approximate surface area is 184 Å². The minimum absolute atomic E-state index is 0.197. The second kappa shape index (κ2) is 7.34. The van der Waals surface area contributed by atoms with Crippen LogP contribution < -0.4 is 0 Å². The molecule has 1 atom stereocenters. The summed E-state index contributed by atoms with van der Waals surface area (Å²) < 4.78 is 19.6. The van der Waals surface area contributed by atoms with E-state index in [2.05, 4.69) is 24.9 Å². The molecule has 0 spiro atoms. The molecule has 0 fully saturated rings. The highest BCUT2D eigenvalue weighted by Gasteiger charge is 2.38. The van der Waals surface area contributed by atoms with Gasteiger partial charge in [-0.1, -0.05) is 6.07 Å². The predicted octanol–water partition coefficient (Wildman–Crippen LogP) is 4.00. The topological polar surface area (TPSA) is 101 Å². The van der Waals surface area contributed by atoms with Crippen LogP contribution in [-0.2, 0) is 6.42 Å². The number of amides is 1. The molecule has 1 aliphatic rings. The van der Waals surface area contributed by atoms with Gasteiger partial charge in [-0.2, -0.15) is 0 Å². The van der Waals surface area contributed by atoms with E-state index in [1.54, 1.807) is 23.6 Å². The van der Waals surface area contributed by atoms with Crippen LogP contribution in [0.4, 0.5) is 4.39 Å². The summed E-state index contributed by atoms with van der Waals surface area (Å²) in [5.74, 6) is -0.306. The number of halogens is 1. The van der Waals surface area contributed by atoms with E-state index in [0.29, 0.717) is 51.2 Å². The summed E-state index contributed by atoms with van der Waals surface area (Å²) in [6.07, 6.45) is 5.47. The number of nitrogens with one attached hydrogen (secondary N) is 1. The van der Waals surface area contributed by atoms with Crippen molar-refractivity contribution in [2.24, 2.45) is 0 Å². The molecule has 0 unspecified atom stereocenters. The summed E-state index contributed by atoms with van der Waals surface area (Å²) in [6.45, 7) is 0.447. The maximum Gasteiger partial charge on any atom is 0.266 e. The van der Waals surface area contributed by atoms with Crippen LogP contribution in [0.1, 0.15) is 33.0 Å².